The average molecular weight is 375 g/mol. The fraction of sp³-hybridized carbons (Fsp3) is 0.304. The lowest BCUT2D eigenvalue weighted by Crippen LogP contribution is -2.21. The normalized spacial score (nSPS) is 19.7. The maximum absolute atomic E-state index is 12.0. The maximum atomic E-state index is 12.0. The number of ketones is 1. The largest absolute Gasteiger partial charge is 0.292 e. The summed E-state index contributed by atoms with van der Waals surface area (Å²) in [5.74, 6) is 0.631. The Morgan fingerprint density at radius 2 is 1.36 bits per heavy atom. The van der Waals surface area contributed by atoms with Gasteiger partial charge in [0.15, 0.2) is 5.78 Å². The predicted octanol–water partition coefficient (Wildman–Crippen LogP) is 4.16. The van der Waals surface area contributed by atoms with Crippen LogP contribution in [0.15, 0.2) is 70.8 Å². The first kappa shape index (κ1) is 19.7. The van der Waals surface area contributed by atoms with Crippen molar-refractivity contribution in [2.45, 2.75) is 25.7 Å². The number of hydrazone groups is 1. The molecule has 28 heavy (non-hydrogen) atoms. The van der Waals surface area contributed by atoms with Gasteiger partial charge in [0, 0.05) is 23.6 Å². The van der Waals surface area contributed by atoms with Crippen LogP contribution in [0, 0.1) is 11.8 Å². The second-order valence-corrected chi connectivity index (χ2v) is 7.04. The topological polar surface area (TPSA) is 70.9 Å². The van der Waals surface area contributed by atoms with Crippen LogP contribution in [0.4, 0.5) is 0 Å². The highest BCUT2D eigenvalue weighted by Crippen LogP contribution is 2.26. The van der Waals surface area contributed by atoms with Gasteiger partial charge in [0.05, 0.1) is 0 Å². The molecular formula is C23H25N3O2. The van der Waals surface area contributed by atoms with Crippen LogP contribution in [-0.4, -0.2) is 30.7 Å². The molecule has 0 aliphatic heterocycles. The smallest absolute Gasteiger partial charge is 0.271 e. The van der Waals surface area contributed by atoms with E-state index in [1.54, 1.807) is 12.1 Å². The molecule has 0 aromatic heterocycles. The van der Waals surface area contributed by atoms with Crippen molar-refractivity contribution in [2.24, 2.45) is 21.9 Å². The molecule has 3 rings (SSSR count). The van der Waals surface area contributed by atoms with Gasteiger partial charge in [-0.15, -0.1) is 0 Å². The highest BCUT2D eigenvalue weighted by molar-refractivity contribution is 5.98. The number of carbonyl (C=O) groups is 2. The van der Waals surface area contributed by atoms with E-state index in [2.05, 4.69) is 15.5 Å². The fourth-order valence-electron chi connectivity index (χ4n) is 3.30. The molecule has 0 bridgehead atoms. The van der Waals surface area contributed by atoms with Crippen molar-refractivity contribution in [1.29, 1.82) is 0 Å². The van der Waals surface area contributed by atoms with Crippen LogP contribution in [0.5, 0.6) is 0 Å². The summed E-state index contributed by atoms with van der Waals surface area (Å²) in [6.07, 6.45) is 7.83. The van der Waals surface area contributed by atoms with Crippen LogP contribution in [0.1, 0.15) is 46.4 Å². The molecule has 144 valence electrons. The average Bonchev–Trinajstić information content (AvgIpc) is 2.76. The van der Waals surface area contributed by atoms with Gasteiger partial charge in [0.25, 0.3) is 5.91 Å². The fourth-order valence-corrected chi connectivity index (χ4v) is 3.30. The minimum Gasteiger partial charge on any atom is -0.292 e. The van der Waals surface area contributed by atoms with Gasteiger partial charge in [-0.25, -0.2) is 5.43 Å². The SMILES string of the molecule is O=C(CN=CC1CCC(/C=N/NC(=O)c2ccccc2)CC1)c1ccccc1. The number of amides is 1. The van der Waals surface area contributed by atoms with E-state index >= 15 is 0 Å². The molecule has 0 atom stereocenters. The minimum atomic E-state index is -0.194. The number of benzene rings is 2. The summed E-state index contributed by atoms with van der Waals surface area (Å²) in [7, 11) is 0. The first-order valence-electron chi connectivity index (χ1n) is 9.69. The van der Waals surface area contributed by atoms with Crippen LogP contribution in [0.25, 0.3) is 0 Å². The summed E-state index contributed by atoms with van der Waals surface area (Å²) < 4.78 is 0. The first-order chi connectivity index (χ1) is 13.7. The van der Waals surface area contributed by atoms with Crippen molar-refractivity contribution in [3.05, 3.63) is 71.8 Å². The highest BCUT2D eigenvalue weighted by atomic mass is 16.2. The van der Waals surface area contributed by atoms with Crippen LogP contribution in [0.3, 0.4) is 0 Å². The lowest BCUT2D eigenvalue weighted by Gasteiger charge is -2.23. The first-order valence-corrected chi connectivity index (χ1v) is 9.69. The predicted molar refractivity (Wildman–Crippen MR) is 112 cm³/mol. The van der Waals surface area contributed by atoms with Gasteiger partial charge in [0.1, 0.15) is 6.54 Å². The van der Waals surface area contributed by atoms with Crippen molar-refractivity contribution in [3.63, 3.8) is 0 Å². The van der Waals surface area contributed by atoms with Gasteiger partial charge in [-0.2, -0.15) is 5.10 Å². The van der Waals surface area contributed by atoms with Crippen LogP contribution < -0.4 is 5.43 Å². The number of rotatable bonds is 7. The Morgan fingerprint density at radius 1 is 0.821 bits per heavy atom. The Balaban J connectivity index is 1.37. The summed E-state index contributed by atoms with van der Waals surface area (Å²) >= 11 is 0. The van der Waals surface area contributed by atoms with E-state index in [1.165, 1.54) is 0 Å². The quantitative estimate of drug-likeness (QED) is 0.448. The van der Waals surface area contributed by atoms with Crippen LogP contribution in [-0.2, 0) is 0 Å². The van der Waals surface area contributed by atoms with Crippen molar-refractivity contribution >= 4 is 24.1 Å². The summed E-state index contributed by atoms with van der Waals surface area (Å²) in [4.78, 5) is 28.3. The van der Waals surface area contributed by atoms with Crippen LogP contribution in [0.2, 0.25) is 0 Å². The third-order valence-corrected chi connectivity index (χ3v) is 4.95. The molecule has 1 amide bonds. The van der Waals surface area contributed by atoms with E-state index in [1.807, 2.05) is 61.0 Å². The Labute approximate surface area is 165 Å². The molecular weight excluding hydrogens is 350 g/mol. The zero-order chi connectivity index (χ0) is 19.6. The molecule has 1 N–H and O–H groups in total. The second-order valence-electron chi connectivity index (χ2n) is 7.04. The Morgan fingerprint density at radius 3 is 1.96 bits per heavy atom. The number of hydrogen-bond acceptors (Lipinski definition) is 4. The molecule has 0 saturated heterocycles. The molecule has 1 fully saturated rings. The van der Waals surface area contributed by atoms with Gasteiger partial charge in [-0.1, -0.05) is 48.5 Å². The van der Waals surface area contributed by atoms with Gasteiger partial charge in [0.2, 0.25) is 0 Å². The lowest BCUT2D eigenvalue weighted by atomic mass is 9.83. The van der Waals surface area contributed by atoms with Crippen molar-refractivity contribution in [2.75, 3.05) is 6.54 Å². The Hall–Kier alpha value is -3.08. The molecule has 5 heteroatoms. The van der Waals surface area contributed by atoms with E-state index < -0.39 is 0 Å². The molecule has 0 unspecified atom stereocenters. The van der Waals surface area contributed by atoms with Crippen molar-refractivity contribution < 1.29 is 9.59 Å². The second kappa shape index (κ2) is 10.3. The van der Waals surface area contributed by atoms with Gasteiger partial charge < -0.3 is 0 Å². The molecule has 0 spiro atoms. The summed E-state index contributed by atoms with van der Waals surface area (Å²) in [5.41, 5.74) is 3.89. The zero-order valence-corrected chi connectivity index (χ0v) is 15.8. The lowest BCUT2D eigenvalue weighted by molar-refractivity contribution is 0.0953. The third-order valence-electron chi connectivity index (χ3n) is 4.95. The van der Waals surface area contributed by atoms with Crippen molar-refractivity contribution in [1.82, 2.24) is 5.43 Å². The highest BCUT2D eigenvalue weighted by Gasteiger charge is 2.18. The number of hydrogen-bond donors (Lipinski definition) is 1. The number of carbonyl (C=O) groups excluding carboxylic acids is 2. The molecule has 1 aliphatic carbocycles. The van der Waals surface area contributed by atoms with Gasteiger partial charge in [-0.3, -0.25) is 14.6 Å². The third kappa shape index (κ3) is 5.98. The molecule has 2 aromatic carbocycles. The van der Waals surface area contributed by atoms with E-state index in [4.69, 9.17) is 0 Å². The van der Waals surface area contributed by atoms with Gasteiger partial charge in [-0.05, 0) is 49.7 Å². The molecule has 1 saturated carbocycles. The monoisotopic (exact) mass is 375 g/mol. The number of Topliss-reactive ketones (excluding diaryl/α,β-unsaturated/α-hetero) is 1. The van der Waals surface area contributed by atoms with Gasteiger partial charge >= 0.3 is 0 Å². The zero-order valence-electron chi connectivity index (χ0n) is 15.8. The van der Waals surface area contributed by atoms with E-state index in [0.29, 0.717) is 23.0 Å². The summed E-state index contributed by atoms with van der Waals surface area (Å²) in [6, 6.07) is 18.3. The Bertz CT molecular complexity index is 752. The number of aliphatic imine (C=N–C) groups is 1. The summed E-state index contributed by atoms with van der Waals surface area (Å²) in [5, 5.41) is 4.11. The van der Waals surface area contributed by atoms with E-state index in [9.17, 15) is 9.59 Å². The molecule has 5 nitrogen and oxygen atoms in total. The standard InChI is InChI=1S/C23H25N3O2/c27-22(20-7-3-1-4-8-20)17-24-15-18-11-13-19(14-12-18)16-25-26-23(28)21-9-5-2-6-10-21/h1-10,15-16,18-19H,11-14,17H2,(H,26,28)/b24-15?,25-16+. The minimum absolute atomic E-state index is 0.0480. The van der Waals surface area contributed by atoms with E-state index in [0.717, 1.165) is 25.7 Å². The molecule has 1 aliphatic rings. The number of nitrogens with zero attached hydrogens (tertiary/aromatic N) is 2. The van der Waals surface area contributed by atoms with Crippen LogP contribution >= 0.6 is 0 Å². The van der Waals surface area contributed by atoms with Crippen molar-refractivity contribution in [3.8, 4) is 0 Å². The number of nitrogens with one attached hydrogen (secondary N) is 1. The Kier molecular flexibility index (Phi) is 7.24. The molecule has 0 radical (unpaired) electrons. The molecule has 2 aromatic rings. The van der Waals surface area contributed by atoms with E-state index in [-0.39, 0.29) is 18.2 Å². The molecule has 0 heterocycles. The maximum Gasteiger partial charge on any atom is 0.271 e. The summed E-state index contributed by atoms with van der Waals surface area (Å²) in [6.45, 7) is 0.205.